The summed E-state index contributed by atoms with van der Waals surface area (Å²) in [6.45, 7) is 1.78. The molecule has 0 bridgehead atoms. The Hall–Kier alpha value is -2.17. The summed E-state index contributed by atoms with van der Waals surface area (Å²) < 4.78 is 9.45. The highest BCUT2D eigenvalue weighted by Crippen LogP contribution is 2.30. The number of esters is 3. The Kier molecular flexibility index (Phi) is 4.73. The van der Waals surface area contributed by atoms with Crippen molar-refractivity contribution in [3.8, 4) is 0 Å². The molecule has 1 aliphatic rings. The highest BCUT2D eigenvalue weighted by molar-refractivity contribution is 5.97. The van der Waals surface area contributed by atoms with E-state index in [-0.39, 0.29) is 17.8 Å². The molecule has 0 aliphatic heterocycles. The molecule has 0 spiro atoms. The summed E-state index contributed by atoms with van der Waals surface area (Å²) in [7, 11) is 1.36. The number of benzene rings is 1. The third-order valence-electron chi connectivity index (χ3n) is 3.44. The maximum Gasteiger partial charge on any atom is 0.345 e. The smallest absolute Gasteiger partial charge is 0.345 e. The normalized spacial score (nSPS) is 15.1. The zero-order valence-electron chi connectivity index (χ0n) is 12.1. The molecule has 1 atom stereocenters. The first kappa shape index (κ1) is 15.2. The SMILES string of the molecule is COC(=O)C(C)Cc1ccc(C(=O)OC(=O)C2CC2)cc1. The molecule has 1 unspecified atom stereocenters. The topological polar surface area (TPSA) is 69.7 Å². The van der Waals surface area contributed by atoms with E-state index < -0.39 is 11.9 Å². The second-order valence-corrected chi connectivity index (χ2v) is 5.31. The molecule has 0 N–H and O–H groups in total. The molecule has 0 heterocycles. The molecule has 21 heavy (non-hydrogen) atoms. The zero-order chi connectivity index (χ0) is 15.4. The van der Waals surface area contributed by atoms with Gasteiger partial charge in [-0.15, -0.1) is 0 Å². The van der Waals surface area contributed by atoms with Gasteiger partial charge in [-0.05, 0) is 37.0 Å². The Labute approximate surface area is 123 Å². The van der Waals surface area contributed by atoms with Crippen LogP contribution in [0.4, 0.5) is 0 Å². The summed E-state index contributed by atoms with van der Waals surface area (Å²) in [6, 6.07) is 6.69. The van der Waals surface area contributed by atoms with Crippen molar-refractivity contribution in [1.82, 2.24) is 0 Å². The van der Waals surface area contributed by atoms with Crippen LogP contribution in [0, 0.1) is 11.8 Å². The quantitative estimate of drug-likeness (QED) is 0.613. The summed E-state index contributed by atoms with van der Waals surface area (Å²) in [6.07, 6.45) is 2.13. The standard InChI is InChI=1S/C16H18O5/c1-10(14(17)20-2)9-11-3-5-12(6-4-11)15(18)21-16(19)13-7-8-13/h3-6,10,13H,7-9H2,1-2H3. The van der Waals surface area contributed by atoms with Crippen molar-refractivity contribution in [2.75, 3.05) is 7.11 Å². The summed E-state index contributed by atoms with van der Waals surface area (Å²) >= 11 is 0. The van der Waals surface area contributed by atoms with E-state index in [0.29, 0.717) is 12.0 Å². The molecule has 1 aromatic rings. The lowest BCUT2D eigenvalue weighted by Gasteiger charge is -2.09. The second-order valence-electron chi connectivity index (χ2n) is 5.31. The van der Waals surface area contributed by atoms with Gasteiger partial charge in [-0.1, -0.05) is 19.1 Å². The summed E-state index contributed by atoms with van der Waals surface area (Å²) in [5.41, 5.74) is 1.25. The average Bonchev–Trinajstić information content (AvgIpc) is 3.31. The van der Waals surface area contributed by atoms with Crippen LogP contribution in [0.5, 0.6) is 0 Å². The van der Waals surface area contributed by atoms with Crippen LogP contribution in [0.15, 0.2) is 24.3 Å². The van der Waals surface area contributed by atoms with E-state index in [2.05, 4.69) is 4.74 Å². The molecule has 5 heteroatoms. The van der Waals surface area contributed by atoms with E-state index in [9.17, 15) is 14.4 Å². The van der Waals surface area contributed by atoms with Crippen LogP contribution in [0.1, 0.15) is 35.7 Å². The van der Waals surface area contributed by atoms with Crippen LogP contribution in [-0.4, -0.2) is 25.0 Å². The van der Waals surface area contributed by atoms with Crippen molar-refractivity contribution < 1.29 is 23.9 Å². The third kappa shape index (κ3) is 4.15. The number of hydrogen-bond acceptors (Lipinski definition) is 5. The van der Waals surface area contributed by atoms with Gasteiger partial charge in [-0.2, -0.15) is 0 Å². The lowest BCUT2D eigenvalue weighted by atomic mass is 10.0. The molecule has 0 amide bonds. The van der Waals surface area contributed by atoms with Crippen LogP contribution >= 0.6 is 0 Å². The Bertz CT molecular complexity index is 542. The molecule has 0 saturated heterocycles. The third-order valence-corrected chi connectivity index (χ3v) is 3.44. The van der Waals surface area contributed by atoms with E-state index in [1.165, 1.54) is 7.11 Å². The largest absolute Gasteiger partial charge is 0.469 e. The maximum atomic E-state index is 11.8. The summed E-state index contributed by atoms with van der Waals surface area (Å²) in [5.74, 6) is -1.69. The van der Waals surface area contributed by atoms with Gasteiger partial charge < -0.3 is 9.47 Å². The van der Waals surface area contributed by atoms with Crippen LogP contribution in [0.3, 0.4) is 0 Å². The number of carbonyl (C=O) groups is 3. The molecule has 112 valence electrons. The average molecular weight is 290 g/mol. The van der Waals surface area contributed by atoms with Crippen molar-refractivity contribution in [2.45, 2.75) is 26.2 Å². The van der Waals surface area contributed by atoms with Gasteiger partial charge in [0.2, 0.25) is 0 Å². The van der Waals surface area contributed by atoms with Crippen LogP contribution in [0.2, 0.25) is 0 Å². The van der Waals surface area contributed by atoms with Crippen molar-refractivity contribution >= 4 is 17.9 Å². The van der Waals surface area contributed by atoms with Gasteiger partial charge in [0.1, 0.15) is 0 Å². The maximum absolute atomic E-state index is 11.8. The van der Waals surface area contributed by atoms with Gasteiger partial charge in [0.25, 0.3) is 0 Å². The van der Waals surface area contributed by atoms with Crippen LogP contribution in [-0.2, 0) is 25.5 Å². The van der Waals surface area contributed by atoms with E-state index in [4.69, 9.17) is 4.74 Å². The number of rotatable bonds is 5. The molecular formula is C16H18O5. The van der Waals surface area contributed by atoms with Crippen molar-refractivity contribution in [1.29, 1.82) is 0 Å². The predicted octanol–water partition coefficient (Wildman–Crippen LogP) is 2.13. The first-order valence-corrected chi connectivity index (χ1v) is 6.94. The molecule has 1 saturated carbocycles. The van der Waals surface area contributed by atoms with Gasteiger partial charge in [-0.25, -0.2) is 4.79 Å². The molecule has 1 fully saturated rings. The monoisotopic (exact) mass is 290 g/mol. The summed E-state index contributed by atoms with van der Waals surface area (Å²) in [4.78, 5) is 34.5. The van der Waals surface area contributed by atoms with Gasteiger partial charge >= 0.3 is 17.9 Å². The van der Waals surface area contributed by atoms with E-state index in [1.807, 2.05) is 0 Å². The minimum absolute atomic E-state index is 0.103. The lowest BCUT2D eigenvalue weighted by Crippen LogP contribution is -2.15. The Morgan fingerprint density at radius 1 is 1.19 bits per heavy atom. The molecule has 5 nitrogen and oxygen atoms in total. The van der Waals surface area contributed by atoms with Gasteiger partial charge in [0, 0.05) is 0 Å². The Morgan fingerprint density at radius 3 is 2.33 bits per heavy atom. The molecule has 0 radical (unpaired) electrons. The van der Waals surface area contributed by atoms with Gasteiger partial charge in [-0.3, -0.25) is 9.59 Å². The van der Waals surface area contributed by atoms with Crippen LogP contribution in [0.25, 0.3) is 0 Å². The highest BCUT2D eigenvalue weighted by atomic mass is 16.6. The molecule has 0 aromatic heterocycles. The first-order valence-electron chi connectivity index (χ1n) is 6.94. The number of hydrogen-bond donors (Lipinski definition) is 0. The molecule has 1 aliphatic carbocycles. The van der Waals surface area contributed by atoms with Crippen molar-refractivity contribution in [2.24, 2.45) is 11.8 Å². The Balaban J connectivity index is 1.93. The molecule has 2 rings (SSSR count). The number of ether oxygens (including phenoxy) is 2. The minimum atomic E-state index is -0.625. The molecular weight excluding hydrogens is 272 g/mol. The fourth-order valence-corrected chi connectivity index (χ4v) is 1.97. The summed E-state index contributed by atoms with van der Waals surface area (Å²) in [5, 5.41) is 0. The second kappa shape index (κ2) is 6.52. The predicted molar refractivity (Wildman–Crippen MR) is 74.5 cm³/mol. The first-order chi connectivity index (χ1) is 10.0. The van der Waals surface area contributed by atoms with Gasteiger partial charge in [0.05, 0.1) is 24.5 Å². The van der Waals surface area contributed by atoms with E-state index >= 15 is 0 Å². The lowest BCUT2D eigenvalue weighted by molar-refractivity contribution is -0.144. The van der Waals surface area contributed by atoms with Crippen molar-refractivity contribution in [3.05, 3.63) is 35.4 Å². The van der Waals surface area contributed by atoms with E-state index in [1.54, 1.807) is 31.2 Å². The highest BCUT2D eigenvalue weighted by Gasteiger charge is 2.33. The fraction of sp³-hybridized carbons (Fsp3) is 0.438. The van der Waals surface area contributed by atoms with Gasteiger partial charge in [0.15, 0.2) is 0 Å². The molecule has 1 aromatic carbocycles. The zero-order valence-corrected chi connectivity index (χ0v) is 12.1. The number of carbonyl (C=O) groups excluding carboxylic acids is 3. The Morgan fingerprint density at radius 2 is 1.81 bits per heavy atom. The number of methoxy groups -OCH3 is 1. The van der Waals surface area contributed by atoms with Crippen LogP contribution < -0.4 is 0 Å². The van der Waals surface area contributed by atoms with Crippen molar-refractivity contribution in [3.63, 3.8) is 0 Å². The minimum Gasteiger partial charge on any atom is -0.469 e. The fourth-order valence-electron chi connectivity index (χ4n) is 1.97. The van der Waals surface area contributed by atoms with E-state index in [0.717, 1.165) is 18.4 Å².